The third kappa shape index (κ3) is 2.14. The fourth-order valence-corrected chi connectivity index (χ4v) is 1.98. The Labute approximate surface area is 85.7 Å². The van der Waals surface area contributed by atoms with Gasteiger partial charge in [-0.1, -0.05) is 31.2 Å². The fourth-order valence-electron chi connectivity index (χ4n) is 1.98. The van der Waals surface area contributed by atoms with Crippen molar-refractivity contribution in [2.24, 2.45) is 0 Å². The first kappa shape index (κ1) is 9.69. The molecule has 0 radical (unpaired) electrons. The maximum absolute atomic E-state index is 3.55. The van der Waals surface area contributed by atoms with Crippen molar-refractivity contribution in [3.05, 3.63) is 35.4 Å². The van der Waals surface area contributed by atoms with Crippen molar-refractivity contribution < 1.29 is 0 Å². The molecule has 2 nitrogen and oxygen atoms in total. The minimum absolute atomic E-state index is 0.602. The molecule has 2 heteroatoms. The zero-order chi connectivity index (χ0) is 9.80. The molecule has 76 valence electrons. The standard InChI is InChI=1S/C12H18N2/c1-2-13-9-12-7-10-5-3-4-6-11(10)8-14-12/h3-6,12-14H,2,7-9H2,1H3. The van der Waals surface area contributed by atoms with Crippen molar-refractivity contribution in [2.75, 3.05) is 13.1 Å². The van der Waals surface area contributed by atoms with Crippen molar-refractivity contribution in [1.29, 1.82) is 0 Å². The molecule has 0 bridgehead atoms. The number of rotatable bonds is 3. The molecule has 1 atom stereocenters. The summed E-state index contributed by atoms with van der Waals surface area (Å²) >= 11 is 0. The molecule has 0 aromatic heterocycles. The van der Waals surface area contributed by atoms with Gasteiger partial charge in [0.15, 0.2) is 0 Å². The van der Waals surface area contributed by atoms with Crippen molar-refractivity contribution in [1.82, 2.24) is 10.6 Å². The average molecular weight is 190 g/mol. The second kappa shape index (κ2) is 4.58. The molecule has 2 rings (SSSR count). The van der Waals surface area contributed by atoms with Crippen LogP contribution >= 0.6 is 0 Å². The Morgan fingerprint density at radius 3 is 2.93 bits per heavy atom. The lowest BCUT2D eigenvalue weighted by molar-refractivity contribution is 0.453. The molecule has 1 heterocycles. The number of nitrogens with one attached hydrogen (secondary N) is 2. The van der Waals surface area contributed by atoms with E-state index in [0.29, 0.717) is 6.04 Å². The van der Waals surface area contributed by atoms with E-state index in [4.69, 9.17) is 0 Å². The van der Waals surface area contributed by atoms with Crippen LogP contribution in [0.5, 0.6) is 0 Å². The van der Waals surface area contributed by atoms with E-state index in [0.717, 1.165) is 26.1 Å². The van der Waals surface area contributed by atoms with Gasteiger partial charge in [-0.2, -0.15) is 0 Å². The third-order valence-corrected chi connectivity index (χ3v) is 2.81. The van der Waals surface area contributed by atoms with Crippen LogP contribution in [0.25, 0.3) is 0 Å². The third-order valence-electron chi connectivity index (χ3n) is 2.81. The summed E-state index contributed by atoms with van der Waals surface area (Å²) in [6, 6.07) is 9.31. The lowest BCUT2D eigenvalue weighted by Crippen LogP contribution is -2.42. The van der Waals surface area contributed by atoms with Crippen molar-refractivity contribution >= 4 is 0 Å². The number of hydrogen-bond donors (Lipinski definition) is 2. The van der Waals surface area contributed by atoms with Crippen LogP contribution in [-0.4, -0.2) is 19.1 Å². The fraction of sp³-hybridized carbons (Fsp3) is 0.500. The highest BCUT2D eigenvalue weighted by molar-refractivity contribution is 5.29. The summed E-state index contributed by atoms with van der Waals surface area (Å²) in [4.78, 5) is 0. The molecule has 0 amide bonds. The SMILES string of the molecule is CCNCC1Cc2ccccc2CN1. The van der Waals surface area contributed by atoms with Gasteiger partial charge in [0.1, 0.15) is 0 Å². The zero-order valence-corrected chi connectivity index (χ0v) is 8.72. The predicted molar refractivity (Wildman–Crippen MR) is 59.3 cm³/mol. The van der Waals surface area contributed by atoms with E-state index in [9.17, 15) is 0 Å². The van der Waals surface area contributed by atoms with Crippen molar-refractivity contribution in [2.45, 2.75) is 25.9 Å². The van der Waals surface area contributed by atoms with Crippen molar-refractivity contribution in [3.8, 4) is 0 Å². The molecule has 0 spiro atoms. The second-order valence-corrected chi connectivity index (χ2v) is 3.86. The number of hydrogen-bond acceptors (Lipinski definition) is 2. The summed E-state index contributed by atoms with van der Waals surface area (Å²) in [5, 5.41) is 6.93. The molecule has 14 heavy (non-hydrogen) atoms. The van der Waals surface area contributed by atoms with Gasteiger partial charge in [-0.15, -0.1) is 0 Å². The lowest BCUT2D eigenvalue weighted by atomic mass is 9.96. The largest absolute Gasteiger partial charge is 0.315 e. The van der Waals surface area contributed by atoms with Crippen LogP contribution in [0, 0.1) is 0 Å². The van der Waals surface area contributed by atoms with Crippen LogP contribution in [-0.2, 0) is 13.0 Å². The molecular weight excluding hydrogens is 172 g/mol. The molecule has 0 fully saturated rings. The van der Waals surface area contributed by atoms with Crippen LogP contribution < -0.4 is 10.6 Å². The lowest BCUT2D eigenvalue weighted by Gasteiger charge is -2.26. The maximum atomic E-state index is 3.55. The van der Waals surface area contributed by atoms with Crippen LogP contribution in [0.2, 0.25) is 0 Å². The van der Waals surface area contributed by atoms with Gasteiger partial charge in [0, 0.05) is 19.1 Å². The van der Waals surface area contributed by atoms with E-state index < -0.39 is 0 Å². The molecule has 0 saturated carbocycles. The second-order valence-electron chi connectivity index (χ2n) is 3.86. The summed E-state index contributed by atoms with van der Waals surface area (Å²) in [5.41, 5.74) is 2.97. The molecule has 1 aliphatic rings. The molecule has 0 saturated heterocycles. The van der Waals surface area contributed by atoms with Gasteiger partial charge in [0.05, 0.1) is 0 Å². The average Bonchev–Trinajstić information content (AvgIpc) is 2.26. The van der Waals surface area contributed by atoms with Gasteiger partial charge in [0.25, 0.3) is 0 Å². The van der Waals surface area contributed by atoms with E-state index >= 15 is 0 Å². The van der Waals surface area contributed by atoms with E-state index in [2.05, 4.69) is 41.8 Å². The Morgan fingerprint density at radius 2 is 2.14 bits per heavy atom. The van der Waals surface area contributed by atoms with Crippen LogP contribution in [0.15, 0.2) is 24.3 Å². The monoisotopic (exact) mass is 190 g/mol. The predicted octanol–water partition coefficient (Wildman–Crippen LogP) is 1.31. The first-order valence-corrected chi connectivity index (χ1v) is 5.41. The summed E-state index contributed by atoms with van der Waals surface area (Å²) in [6.45, 7) is 5.30. The highest BCUT2D eigenvalue weighted by Gasteiger charge is 2.16. The maximum Gasteiger partial charge on any atom is 0.0236 e. The highest BCUT2D eigenvalue weighted by atomic mass is 15.0. The normalized spacial score (nSPS) is 20.5. The van der Waals surface area contributed by atoms with Gasteiger partial charge >= 0.3 is 0 Å². The Bertz CT molecular complexity index is 296. The first-order valence-electron chi connectivity index (χ1n) is 5.41. The molecule has 1 aliphatic heterocycles. The number of benzene rings is 1. The molecule has 1 aromatic rings. The Kier molecular flexibility index (Phi) is 3.17. The molecule has 1 aromatic carbocycles. The van der Waals surface area contributed by atoms with Gasteiger partial charge in [-0.3, -0.25) is 0 Å². The summed E-state index contributed by atoms with van der Waals surface area (Å²) in [7, 11) is 0. The topological polar surface area (TPSA) is 24.1 Å². The smallest absolute Gasteiger partial charge is 0.0236 e. The quantitative estimate of drug-likeness (QED) is 0.751. The van der Waals surface area contributed by atoms with Gasteiger partial charge in [0.2, 0.25) is 0 Å². The zero-order valence-electron chi connectivity index (χ0n) is 8.72. The van der Waals surface area contributed by atoms with Gasteiger partial charge < -0.3 is 10.6 Å². The first-order chi connectivity index (χ1) is 6.90. The highest BCUT2D eigenvalue weighted by Crippen LogP contribution is 2.15. The van der Waals surface area contributed by atoms with E-state index in [-0.39, 0.29) is 0 Å². The van der Waals surface area contributed by atoms with E-state index in [1.807, 2.05) is 0 Å². The summed E-state index contributed by atoms with van der Waals surface area (Å²) in [6.07, 6.45) is 1.16. The van der Waals surface area contributed by atoms with Gasteiger partial charge in [-0.25, -0.2) is 0 Å². The molecule has 2 N–H and O–H groups in total. The summed E-state index contributed by atoms with van der Waals surface area (Å²) < 4.78 is 0. The van der Waals surface area contributed by atoms with Crippen molar-refractivity contribution in [3.63, 3.8) is 0 Å². The van der Waals surface area contributed by atoms with E-state index in [1.54, 1.807) is 0 Å². The molecule has 0 aliphatic carbocycles. The number of likely N-dealkylation sites (N-methyl/N-ethyl adjacent to an activating group) is 1. The van der Waals surface area contributed by atoms with Crippen LogP contribution in [0.4, 0.5) is 0 Å². The van der Waals surface area contributed by atoms with Gasteiger partial charge in [-0.05, 0) is 24.1 Å². The Balaban J connectivity index is 1.99. The summed E-state index contributed by atoms with van der Waals surface area (Å²) in [5.74, 6) is 0. The van der Waals surface area contributed by atoms with Crippen LogP contribution in [0.3, 0.4) is 0 Å². The Hall–Kier alpha value is -0.860. The van der Waals surface area contributed by atoms with E-state index in [1.165, 1.54) is 11.1 Å². The Morgan fingerprint density at radius 1 is 1.36 bits per heavy atom. The van der Waals surface area contributed by atoms with Crippen LogP contribution in [0.1, 0.15) is 18.1 Å². The number of fused-ring (bicyclic) bond motifs is 1. The minimum atomic E-state index is 0.602. The minimum Gasteiger partial charge on any atom is -0.315 e. The molecular formula is C12H18N2. The molecule has 1 unspecified atom stereocenters.